The van der Waals surface area contributed by atoms with Crippen LogP contribution in [0.3, 0.4) is 0 Å². The molecule has 0 saturated heterocycles. The van der Waals surface area contributed by atoms with E-state index < -0.39 is 28.3 Å². The molecule has 1 unspecified atom stereocenters. The lowest BCUT2D eigenvalue weighted by Gasteiger charge is -2.26. The zero-order valence-corrected chi connectivity index (χ0v) is 15.0. The Bertz CT molecular complexity index is 434. The molecule has 0 fully saturated rings. The molecule has 0 aliphatic heterocycles. The Labute approximate surface area is 133 Å². The molecule has 0 amide bonds. The quantitative estimate of drug-likeness (QED) is 0.522. The molecule has 0 radical (unpaired) electrons. The van der Waals surface area contributed by atoms with Gasteiger partial charge in [-0.15, -0.1) is 0 Å². The number of hydrogen-bond acceptors (Lipinski definition) is 4. The fraction of sp³-hybridized carbons (Fsp3) is 0.929. The molecular weight excluding hydrogens is 308 g/mol. The average Bonchev–Trinajstić information content (AvgIpc) is 2.35. The predicted octanol–water partition coefficient (Wildman–Crippen LogP) is 1.05. The van der Waals surface area contributed by atoms with Crippen molar-refractivity contribution >= 4 is 16.2 Å². The van der Waals surface area contributed by atoms with Crippen LogP contribution in [0.1, 0.15) is 47.5 Å². The van der Waals surface area contributed by atoms with Crippen molar-refractivity contribution in [1.82, 2.24) is 9.03 Å². The summed E-state index contributed by atoms with van der Waals surface area (Å²) in [6, 6.07) is 0. The van der Waals surface area contributed by atoms with Crippen molar-refractivity contribution < 1.29 is 23.4 Å². The smallest absolute Gasteiger partial charge is 0.336 e. The molecule has 0 spiro atoms. The summed E-state index contributed by atoms with van der Waals surface area (Å²) in [6.45, 7) is 9.27. The van der Waals surface area contributed by atoms with Gasteiger partial charge in [-0.25, -0.2) is 4.79 Å². The molecule has 8 heteroatoms. The first-order chi connectivity index (χ1) is 9.88. The van der Waals surface area contributed by atoms with E-state index in [4.69, 9.17) is 5.11 Å². The second-order valence-corrected chi connectivity index (χ2v) is 8.42. The highest BCUT2D eigenvalue weighted by Gasteiger charge is 2.33. The van der Waals surface area contributed by atoms with Crippen LogP contribution < -0.4 is 4.72 Å². The number of nitrogens with one attached hydrogen (secondary N) is 1. The van der Waals surface area contributed by atoms with Crippen molar-refractivity contribution in [3.05, 3.63) is 0 Å². The molecule has 0 aromatic carbocycles. The van der Waals surface area contributed by atoms with Crippen LogP contribution >= 0.6 is 0 Å². The first-order valence-electron chi connectivity index (χ1n) is 7.59. The molecule has 7 nitrogen and oxygen atoms in total. The Morgan fingerprint density at radius 3 is 1.86 bits per heavy atom. The molecule has 3 N–H and O–H groups in total. The molecule has 0 bridgehead atoms. The van der Waals surface area contributed by atoms with Crippen LogP contribution in [0.15, 0.2) is 0 Å². The molecule has 22 heavy (non-hydrogen) atoms. The van der Waals surface area contributed by atoms with Crippen LogP contribution in [0.4, 0.5) is 0 Å². The molecule has 0 aliphatic rings. The van der Waals surface area contributed by atoms with Gasteiger partial charge in [-0.2, -0.15) is 17.4 Å². The molecule has 0 aromatic rings. The summed E-state index contributed by atoms with van der Waals surface area (Å²) in [5, 5.41) is 18.5. The van der Waals surface area contributed by atoms with Gasteiger partial charge in [0.1, 0.15) is 0 Å². The van der Waals surface area contributed by atoms with Crippen LogP contribution in [0.2, 0.25) is 0 Å². The van der Waals surface area contributed by atoms with E-state index in [1.54, 1.807) is 0 Å². The highest BCUT2D eigenvalue weighted by Crippen LogP contribution is 2.11. The number of hydrogen-bond donors (Lipinski definition) is 3. The lowest BCUT2D eigenvalue weighted by Crippen LogP contribution is -2.50. The second-order valence-electron chi connectivity index (χ2n) is 6.67. The standard InChI is InChI=1S/C14H30N2O5S/c1-11(2)6-8-16(9-7-12(3)4)22(20,21)15-10-14(5,19)13(17)18/h11-12,15,19H,6-10H2,1-5H3,(H,17,18). The van der Waals surface area contributed by atoms with Crippen molar-refractivity contribution in [2.75, 3.05) is 19.6 Å². The number of carboxylic acid groups (broad SMARTS) is 1. The molecule has 1 atom stereocenters. The lowest BCUT2D eigenvalue weighted by molar-refractivity contribution is -0.155. The summed E-state index contributed by atoms with van der Waals surface area (Å²) in [5.41, 5.74) is -2.13. The summed E-state index contributed by atoms with van der Waals surface area (Å²) < 4.78 is 28.2. The van der Waals surface area contributed by atoms with E-state index in [2.05, 4.69) is 4.72 Å². The average molecular weight is 338 g/mol. The van der Waals surface area contributed by atoms with E-state index in [0.717, 1.165) is 6.92 Å². The predicted molar refractivity (Wildman–Crippen MR) is 85.7 cm³/mol. The maximum Gasteiger partial charge on any atom is 0.336 e. The van der Waals surface area contributed by atoms with E-state index in [-0.39, 0.29) is 0 Å². The first kappa shape index (κ1) is 21.3. The molecule has 132 valence electrons. The minimum Gasteiger partial charge on any atom is -0.479 e. The van der Waals surface area contributed by atoms with Gasteiger partial charge in [0.25, 0.3) is 10.2 Å². The van der Waals surface area contributed by atoms with E-state index in [1.165, 1.54) is 4.31 Å². The van der Waals surface area contributed by atoms with Crippen LogP contribution in [-0.2, 0) is 15.0 Å². The first-order valence-corrected chi connectivity index (χ1v) is 9.03. The minimum absolute atomic E-state index is 0.360. The van der Waals surface area contributed by atoms with E-state index >= 15 is 0 Å². The fourth-order valence-electron chi connectivity index (χ4n) is 1.56. The third kappa shape index (κ3) is 8.07. The highest BCUT2D eigenvalue weighted by molar-refractivity contribution is 7.87. The number of nitrogens with zero attached hydrogens (tertiary/aromatic N) is 1. The number of rotatable bonds is 11. The van der Waals surface area contributed by atoms with Crippen LogP contribution in [0, 0.1) is 11.8 Å². The van der Waals surface area contributed by atoms with Gasteiger partial charge in [0, 0.05) is 13.1 Å². The summed E-state index contributed by atoms with van der Waals surface area (Å²) >= 11 is 0. The van der Waals surface area contributed by atoms with Gasteiger partial charge in [-0.1, -0.05) is 27.7 Å². The van der Waals surface area contributed by atoms with Crippen LogP contribution in [-0.4, -0.2) is 54.1 Å². The lowest BCUT2D eigenvalue weighted by atomic mass is 10.1. The number of carbonyl (C=O) groups is 1. The third-order valence-corrected chi connectivity index (χ3v) is 4.87. The summed E-state index contributed by atoms with van der Waals surface area (Å²) in [7, 11) is -3.82. The van der Waals surface area contributed by atoms with Crippen LogP contribution in [0.5, 0.6) is 0 Å². The number of aliphatic carboxylic acids is 1. The molecular formula is C14H30N2O5S. The zero-order valence-electron chi connectivity index (χ0n) is 14.2. The van der Waals surface area contributed by atoms with Gasteiger partial charge in [0.15, 0.2) is 5.60 Å². The zero-order chi connectivity index (χ0) is 17.6. The Balaban J connectivity index is 4.88. The molecule has 0 aliphatic carbocycles. The minimum atomic E-state index is -3.82. The van der Waals surface area contributed by atoms with Gasteiger partial charge in [0.05, 0.1) is 6.54 Å². The molecule has 0 saturated carbocycles. The van der Waals surface area contributed by atoms with Gasteiger partial charge in [-0.3, -0.25) is 0 Å². The largest absolute Gasteiger partial charge is 0.479 e. The van der Waals surface area contributed by atoms with Crippen LogP contribution in [0.25, 0.3) is 0 Å². The molecule has 0 rings (SSSR count). The van der Waals surface area contributed by atoms with Gasteiger partial charge in [0.2, 0.25) is 0 Å². The number of carboxylic acids is 1. The maximum absolute atomic E-state index is 12.3. The van der Waals surface area contributed by atoms with Gasteiger partial charge in [-0.05, 0) is 31.6 Å². The SMILES string of the molecule is CC(C)CCN(CCC(C)C)S(=O)(=O)NCC(C)(O)C(=O)O. The fourth-order valence-corrected chi connectivity index (χ4v) is 2.89. The topological polar surface area (TPSA) is 107 Å². The second kappa shape index (κ2) is 8.81. The summed E-state index contributed by atoms with van der Waals surface area (Å²) in [6.07, 6.45) is 1.43. The maximum atomic E-state index is 12.3. The monoisotopic (exact) mass is 338 g/mol. The van der Waals surface area contributed by atoms with Crippen molar-refractivity contribution in [3.63, 3.8) is 0 Å². The van der Waals surface area contributed by atoms with Crippen molar-refractivity contribution in [2.24, 2.45) is 11.8 Å². The molecule has 0 heterocycles. The van der Waals surface area contributed by atoms with E-state index in [0.29, 0.717) is 37.8 Å². The van der Waals surface area contributed by atoms with Crippen molar-refractivity contribution in [2.45, 2.75) is 53.1 Å². The van der Waals surface area contributed by atoms with Crippen molar-refractivity contribution in [1.29, 1.82) is 0 Å². The normalized spacial score (nSPS) is 15.5. The van der Waals surface area contributed by atoms with Crippen molar-refractivity contribution in [3.8, 4) is 0 Å². The van der Waals surface area contributed by atoms with Gasteiger partial charge < -0.3 is 10.2 Å². The van der Waals surface area contributed by atoms with E-state index in [1.807, 2.05) is 27.7 Å². The Kier molecular flexibility index (Phi) is 8.53. The third-order valence-electron chi connectivity index (χ3n) is 3.31. The highest BCUT2D eigenvalue weighted by atomic mass is 32.2. The summed E-state index contributed by atoms with van der Waals surface area (Å²) in [5.74, 6) is -0.746. The summed E-state index contributed by atoms with van der Waals surface area (Å²) in [4.78, 5) is 10.8. The van der Waals surface area contributed by atoms with Gasteiger partial charge >= 0.3 is 5.97 Å². The Hall–Kier alpha value is -0.700. The number of aliphatic hydroxyl groups is 1. The Morgan fingerprint density at radius 1 is 1.14 bits per heavy atom. The molecule has 0 aromatic heterocycles. The Morgan fingerprint density at radius 2 is 1.55 bits per heavy atom. The van der Waals surface area contributed by atoms with E-state index in [9.17, 15) is 18.3 Å².